The molecule has 1 fully saturated rings. The lowest BCUT2D eigenvalue weighted by Crippen LogP contribution is -2.27. The molecule has 0 atom stereocenters. The van der Waals surface area contributed by atoms with Gasteiger partial charge in [0.25, 0.3) is 11.6 Å². The highest BCUT2D eigenvalue weighted by molar-refractivity contribution is 8.27. The van der Waals surface area contributed by atoms with Gasteiger partial charge in [0.1, 0.15) is 0 Å². The summed E-state index contributed by atoms with van der Waals surface area (Å²) < 4.78 is 0.450. The summed E-state index contributed by atoms with van der Waals surface area (Å²) in [6.07, 6.45) is 2.55. The van der Waals surface area contributed by atoms with Crippen molar-refractivity contribution in [1.29, 1.82) is 0 Å². The molecule has 0 radical (unpaired) electrons. The number of amides is 1. The molecular formula is C18H14N2O3S2. The van der Waals surface area contributed by atoms with Crippen LogP contribution < -0.4 is 4.90 Å². The van der Waals surface area contributed by atoms with Crippen molar-refractivity contribution in [2.24, 2.45) is 0 Å². The normalized spacial score (nSPS) is 15.9. The minimum Gasteiger partial charge on any atom is -0.268 e. The molecule has 25 heavy (non-hydrogen) atoms. The summed E-state index contributed by atoms with van der Waals surface area (Å²) in [5, 5.41) is 10.9. The number of carbonyl (C=O) groups excluding carboxylic acids is 1. The molecule has 0 unspecified atom stereocenters. The number of non-ortho nitro benzene ring substituents is 1. The number of thiocarbonyl (C=S) groups is 1. The Hall–Kier alpha value is -2.51. The number of rotatable bonds is 4. The number of thioether (sulfide) groups is 1. The number of nitrogens with zero attached hydrogens (tertiary/aromatic N) is 2. The van der Waals surface area contributed by atoms with E-state index in [0.29, 0.717) is 14.8 Å². The van der Waals surface area contributed by atoms with E-state index in [4.69, 9.17) is 12.2 Å². The molecule has 5 nitrogen and oxygen atoms in total. The van der Waals surface area contributed by atoms with Gasteiger partial charge in [-0.2, -0.15) is 0 Å². The van der Waals surface area contributed by atoms with Gasteiger partial charge in [0.2, 0.25) is 0 Å². The molecule has 0 N–H and O–H groups in total. The van der Waals surface area contributed by atoms with Gasteiger partial charge in [0.15, 0.2) is 4.32 Å². The molecule has 7 heteroatoms. The first-order valence-corrected chi connectivity index (χ1v) is 8.83. The third-order valence-corrected chi connectivity index (χ3v) is 5.08. The first kappa shape index (κ1) is 17.3. The maximum Gasteiger partial charge on any atom is 0.270 e. The molecular weight excluding hydrogens is 356 g/mol. The SMILES string of the molecule is CCc1ccc(N2C(=O)/C(=C/c3cccc([N+](=O)[O-])c3)SC2=S)cc1. The minimum absolute atomic E-state index is 0.0145. The van der Waals surface area contributed by atoms with Gasteiger partial charge in [0.05, 0.1) is 15.5 Å². The molecule has 2 aromatic carbocycles. The highest BCUT2D eigenvalue weighted by Gasteiger charge is 2.33. The Balaban J connectivity index is 1.90. The predicted octanol–water partition coefficient (Wildman–Crippen LogP) is 4.56. The molecule has 0 spiro atoms. The van der Waals surface area contributed by atoms with E-state index in [-0.39, 0.29) is 11.6 Å². The number of benzene rings is 2. The van der Waals surface area contributed by atoms with E-state index < -0.39 is 4.92 Å². The summed E-state index contributed by atoms with van der Waals surface area (Å²) in [6.45, 7) is 2.07. The fourth-order valence-electron chi connectivity index (χ4n) is 2.45. The molecule has 0 aromatic heterocycles. The molecule has 1 saturated heterocycles. The quantitative estimate of drug-likeness (QED) is 0.342. The molecule has 126 valence electrons. The van der Waals surface area contributed by atoms with Crippen LogP contribution in [0.15, 0.2) is 53.4 Å². The van der Waals surface area contributed by atoms with Crippen molar-refractivity contribution in [3.63, 3.8) is 0 Å². The zero-order valence-electron chi connectivity index (χ0n) is 13.3. The Kier molecular flexibility index (Phi) is 4.96. The molecule has 1 aliphatic rings. The van der Waals surface area contributed by atoms with Crippen LogP contribution in [0.25, 0.3) is 6.08 Å². The molecule has 0 bridgehead atoms. The van der Waals surface area contributed by atoms with Crippen molar-refractivity contribution in [3.05, 3.63) is 74.7 Å². The number of nitro groups is 1. The lowest BCUT2D eigenvalue weighted by Gasteiger charge is -2.14. The second-order valence-electron chi connectivity index (χ2n) is 5.39. The van der Waals surface area contributed by atoms with E-state index in [1.165, 1.54) is 34.4 Å². The number of anilines is 1. The topological polar surface area (TPSA) is 63.5 Å². The van der Waals surface area contributed by atoms with Crippen LogP contribution in [0.5, 0.6) is 0 Å². The Labute approximate surface area is 154 Å². The number of aryl methyl sites for hydroxylation is 1. The van der Waals surface area contributed by atoms with Crippen LogP contribution >= 0.6 is 24.0 Å². The second-order valence-corrected chi connectivity index (χ2v) is 7.06. The monoisotopic (exact) mass is 370 g/mol. The largest absolute Gasteiger partial charge is 0.270 e. The van der Waals surface area contributed by atoms with Crippen molar-refractivity contribution >= 4 is 51.7 Å². The smallest absolute Gasteiger partial charge is 0.268 e. The van der Waals surface area contributed by atoms with Gasteiger partial charge in [-0.3, -0.25) is 19.8 Å². The average Bonchev–Trinajstić information content (AvgIpc) is 2.89. The van der Waals surface area contributed by atoms with Gasteiger partial charge in [-0.15, -0.1) is 0 Å². The van der Waals surface area contributed by atoms with E-state index >= 15 is 0 Å². The van der Waals surface area contributed by atoms with Gasteiger partial charge < -0.3 is 0 Å². The van der Waals surface area contributed by atoms with Gasteiger partial charge >= 0.3 is 0 Å². The zero-order chi connectivity index (χ0) is 18.0. The number of carbonyl (C=O) groups is 1. The van der Waals surface area contributed by atoms with E-state index in [1.54, 1.807) is 18.2 Å². The molecule has 3 rings (SSSR count). The highest BCUT2D eigenvalue weighted by Crippen LogP contribution is 2.36. The fourth-order valence-corrected chi connectivity index (χ4v) is 3.75. The fraction of sp³-hybridized carbons (Fsp3) is 0.111. The van der Waals surface area contributed by atoms with Gasteiger partial charge in [-0.25, -0.2) is 0 Å². The van der Waals surface area contributed by atoms with Crippen LogP contribution in [0.2, 0.25) is 0 Å². The van der Waals surface area contributed by atoms with Crippen LogP contribution in [0.3, 0.4) is 0 Å². The van der Waals surface area contributed by atoms with E-state index in [9.17, 15) is 14.9 Å². The second kappa shape index (κ2) is 7.16. The Morgan fingerprint density at radius 2 is 1.96 bits per heavy atom. The number of nitro benzene ring substituents is 1. The molecule has 2 aromatic rings. The van der Waals surface area contributed by atoms with E-state index in [0.717, 1.165) is 12.1 Å². The summed E-state index contributed by atoms with van der Waals surface area (Å²) in [7, 11) is 0. The van der Waals surface area contributed by atoms with Crippen molar-refractivity contribution in [2.45, 2.75) is 13.3 Å². The Morgan fingerprint density at radius 1 is 1.24 bits per heavy atom. The van der Waals surface area contributed by atoms with Gasteiger partial charge in [-0.05, 0) is 35.8 Å². The van der Waals surface area contributed by atoms with E-state index in [2.05, 4.69) is 6.92 Å². The molecule has 0 aliphatic carbocycles. The summed E-state index contributed by atoms with van der Waals surface area (Å²) >= 11 is 6.54. The third-order valence-electron chi connectivity index (χ3n) is 3.78. The minimum atomic E-state index is -0.460. The summed E-state index contributed by atoms with van der Waals surface area (Å²) in [5.74, 6) is -0.217. The number of hydrogen-bond donors (Lipinski definition) is 0. The first-order chi connectivity index (χ1) is 12.0. The summed E-state index contributed by atoms with van der Waals surface area (Å²) in [5.41, 5.74) is 2.49. The Morgan fingerprint density at radius 3 is 2.60 bits per heavy atom. The summed E-state index contributed by atoms with van der Waals surface area (Å²) in [4.78, 5) is 25.1. The van der Waals surface area contributed by atoms with Crippen LogP contribution in [0.4, 0.5) is 11.4 Å². The maximum absolute atomic E-state index is 12.7. The summed E-state index contributed by atoms with van der Waals surface area (Å²) in [6, 6.07) is 13.8. The molecule has 0 saturated carbocycles. The van der Waals surface area contributed by atoms with Crippen LogP contribution in [-0.2, 0) is 11.2 Å². The maximum atomic E-state index is 12.7. The van der Waals surface area contributed by atoms with E-state index in [1.807, 2.05) is 24.3 Å². The van der Waals surface area contributed by atoms with Crippen LogP contribution in [-0.4, -0.2) is 15.2 Å². The van der Waals surface area contributed by atoms with Crippen molar-refractivity contribution in [3.8, 4) is 0 Å². The van der Waals surface area contributed by atoms with Crippen molar-refractivity contribution in [2.75, 3.05) is 4.90 Å². The lowest BCUT2D eigenvalue weighted by atomic mass is 10.1. The highest BCUT2D eigenvalue weighted by atomic mass is 32.2. The molecule has 1 aliphatic heterocycles. The van der Waals surface area contributed by atoms with Gasteiger partial charge in [0, 0.05) is 12.1 Å². The number of hydrogen-bond acceptors (Lipinski definition) is 5. The molecule has 1 heterocycles. The third kappa shape index (κ3) is 3.62. The average molecular weight is 370 g/mol. The predicted molar refractivity (Wildman–Crippen MR) is 105 cm³/mol. The molecule has 1 amide bonds. The standard InChI is InChI=1S/C18H14N2O3S2/c1-2-12-6-8-14(9-7-12)19-17(21)16(25-18(19)24)11-13-4-3-5-15(10-13)20(22)23/h3-11H,2H2,1H3/b16-11-. The van der Waals surface area contributed by atoms with Gasteiger partial charge in [-0.1, -0.05) is 55.2 Å². The van der Waals surface area contributed by atoms with Crippen LogP contribution in [0, 0.1) is 10.1 Å². The van der Waals surface area contributed by atoms with Crippen molar-refractivity contribution < 1.29 is 9.72 Å². The lowest BCUT2D eigenvalue weighted by molar-refractivity contribution is -0.384. The van der Waals surface area contributed by atoms with Crippen LogP contribution in [0.1, 0.15) is 18.1 Å². The van der Waals surface area contributed by atoms with Crippen molar-refractivity contribution in [1.82, 2.24) is 0 Å². The Bertz CT molecular complexity index is 891. The zero-order valence-corrected chi connectivity index (χ0v) is 15.0. The first-order valence-electron chi connectivity index (χ1n) is 7.61.